The van der Waals surface area contributed by atoms with Gasteiger partial charge in [-0.1, -0.05) is 6.07 Å². The number of ether oxygens (including phenoxy) is 1. The molecule has 0 fully saturated rings. The van der Waals surface area contributed by atoms with Crippen molar-refractivity contribution in [3.8, 4) is 17.0 Å². The topological polar surface area (TPSA) is 106 Å². The van der Waals surface area contributed by atoms with E-state index in [4.69, 9.17) is 6.11 Å². The molecule has 0 spiro atoms. The van der Waals surface area contributed by atoms with Gasteiger partial charge in [-0.2, -0.15) is 8.42 Å². The number of nitrogens with zero attached hydrogens (tertiary/aromatic N) is 3. The van der Waals surface area contributed by atoms with Gasteiger partial charge in [-0.15, -0.1) is 0 Å². The number of rotatable bonds is 6. The lowest BCUT2D eigenvalue weighted by molar-refractivity contribution is 0.400. The Morgan fingerprint density at radius 2 is 1.81 bits per heavy atom. The van der Waals surface area contributed by atoms with Gasteiger partial charge in [-0.05, 0) is 35.9 Å². The van der Waals surface area contributed by atoms with E-state index in [1.54, 1.807) is 18.2 Å². The largest absolute Gasteiger partial charge is 0.479 e. The van der Waals surface area contributed by atoms with E-state index in [0.29, 0.717) is 28.1 Å². The van der Waals surface area contributed by atoms with Crippen molar-refractivity contribution in [2.75, 3.05) is 16.6 Å². The number of pyridine rings is 1. The molecule has 158 valence electrons. The summed E-state index contributed by atoms with van der Waals surface area (Å²) in [5.41, 5.74) is 1.28. The lowest BCUT2D eigenvalue weighted by Gasteiger charge is -2.14. The molecule has 0 unspecified atom stereocenters. The zero-order valence-corrected chi connectivity index (χ0v) is 16.7. The van der Waals surface area contributed by atoms with Crippen LogP contribution in [0.3, 0.4) is 0 Å². The summed E-state index contributed by atoms with van der Waals surface area (Å²) in [5, 5.41) is 0.511. The molecule has 0 aliphatic rings. The van der Waals surface area contributed by atoms with Crippen LogP contribution in [0.4, 0.5) is 20.2 Å². The maximum absolute atomic E-state index is 13.9. The summed E-state index contributed by atoms with van der Waals surface area (Å²) in [6.45, 7) is 0. The minimum atomic E-state index is -4.33. The number of methoxy groups -OCH3 is 1. The summed E-state index contributed by atoms with van der Waals surface area (Å²) in [5.74, 6) is -1.93. The average Bonchev–Trinajstić information content (AvgIpc) is 2.75. The molecule has 0 atom stereocenters. The van der Waals surface area contributed by atoms with Crippen LogP contribution in [0.2, 0.25) is 0 Å². The molecular weight excluding hydrogens is 428 g/mol. The summed E-state index contributed by atoms with van der Waals surface area (Å²) in [6.07, 6.45) is 2.81. The molecule has 4 aromatic rings. The highest BCUT2D eigenvalue weighted by molar-refractivity contribution is 7.94. The summed E-state index contributed by atoms with van der Waals surface area (Å²) in [7, 11) is -3.02. The van der Waals surface area contributed by atoms with Gasteiger partial charge in [0.05, 0.1) is 19.7 Å². The maximum atomic E-state index is 13.9. The number of fused-ring (bicyclic) bond motifs is 1. The molecule has 11 heteroatoms. The van der Waals surface area contributed by atoms with Gasteiger partial charge < -0.3 is 4.74 Å². The number of aromatic nitrogens is 3. The van der Waals surface area contributed by atoms with Gasteiger partial charge in [-0.3, -0.25) is 9.44 Å². The van der Waals surface area contributed by atoms with Crippen LogP contribution in [0.1, 0.15) is 1.37 Å². The van der Waals surface area contributed by atoms with Gasteiger partial charge in [-0.25, -0.2) is 23.7 Å². The van der Waals surface area contributed by atoms with Crippen molar-refractivity contribution >= 4 is 32.5 Å². The first-order valence-corrected chi connectivity index (χ1v) is 10.3. The smallest absolute Gasteiger partial charge is 0.321 e. The van der Waals surface area contributed by atoms with Crippen molar-refractivity contribution < 1.29 is 23.3 Å². The Morgan fingerprint density at radius 3 is 2.58 bits per heavy atom. The average molecular weight is 444 g/mol. The number of halogens is 2. The normalized spacial score (nSPS) is 11.8. The Bertz CT molecular complexity index is 1440. The molecule has 4 rings (SSSR count). The van der Waals surface area contributed by atoms with E-state index < -0.39 is 27.5 Å². The fourth-order valence-electron chi connectivity index (χ4n) is 2.84. The first-order valence-electron chi connectivity index (χ1n) is 9.27. The summed E-state index contributed by atoms with van der Waals surface area (Å²) >= 11 is 0. The highest BCUT2D eigenvalue weighted by atomic mass is 32.2. The SMILES string of the molecule is [2H]c1ncnc2ccc(-c3cnc(OC)c(NS(=O)(=O)Nc4ccc(F)cc4F)c3)cc12. The van der Waals surface area contributed by atoms with Gasteiger partial charge in [0.25, 0.3) is 0 Å². The number of nitrogens with one attached hydrogen (secondary N) is 2. The molecule has 0 aliphatic heterocycles. The van der Waals surface area contributed by atoms with Crippen molar-refractivity contribution in [3.05, 3.63) is 72.8 Å². The minimum absolute atomic E-state index is 0.0180. The maximum Gasteiger partial charge on any atom is 0.321 e. The number of hydrogen-bond acceptors (Lipinski definition) is 6. The molecule has 31 heavy (non-hydrogen) atoms. The van der Waals surface area contributed by atoms with E-state index in [1.165, 1.54) is 25.7 Å². The van der Waals surface area contributed by atoms with Crippen LogP contribution >= 0.6 is 0 Å². The Kier molecular flexibility index (Phi) is 5.00. The lowest BCUT2D eigenvalue weighted by atomic mass is 10.1. The van der Waals surface area contributed by atoms with Crippen molar-refractivity contribution in [1.29, 1.82) is 0 Å². The molecule has 8 nitrogen and oxygen atoms in total. The predicted molar refractivity (Wildman–Crippen MR) is 112 cm³/mol. The first kappa shape index (κ1) is 19.1. The third-order valence-corrected chi connectivity index (χ3v) is 5.21. The molecule has 0 aliphatic carbocycles. The molecule has 2 aromatic carbocycles. The fraction of sp³-hybridized carbons (Fsp3) is 0.0500. The van der Waals surface area contributed by atoms with Crippen LogP contribution in [0.5, 0.6) is 5.88 Å². The predicted octanol–water partition coefficient (Wildman–Crippen LogP) is 3.75. The summed E-state index contributed by atoms with van der Waals surface area (Å²) in [6, 6.07) is 9.05. The third kappa shape index (κ3) is 4.51. The Labute approximate surface area is 177 Å². The number of hydrogen-bond donors (Lipinski definition) is 2. The Balaban J connectivity index is 1.68. The van der Waals surface area contributed by atoms with Crippen LogP contribution in [0, 0.1) is 11.6 Å². The van der Waals surface area contributed by atoms with Gasteiger partial charge in [0.15, 0.2) is 0 Å². The van der Waals surface area contributed by atoms with Crippen molar-refractivity contribution in [2.45, 2.75) is 0 Å². The second-order valence-electron chi connectivity index (χ2n) is 6.33. The van der Waals surface area contributed by atoms with Crippen LogP contribution in [0.25, 0.3) is 22.0 Å². The molecule has 0 amide bonds. The second kappa shape index (κ2) is 8.11. The van der Waals surface area contributed by atoms with Gasteiger partial charge in [0.2, 0.25) is 5.88 Å². The second-order valence-corrected chi connectivity index (χ2v) is 7.75. The molecule has 2 aromatic heterocycles. The van der Waals surface area contributed by atoms with Crippen LogP contribution in [0.15, 0.2) is 61.2 Å². The van der Waals surface area contributed by atoms with E-state index in [1.807, 2.05) is 4.72 Å². The fourth-order valence-corrected chi connectivity index (χ4v) is 3.78. The molecule has 0 saturated carbocycles. The van der Waals surface area contributed by atoms with Crippen molar-refractivity contribution in [2.24, 2.45) is 0 Å². The quantitative estimate of drug-likeness (QED) is 0.469. The van der Waals surface area contributed by atoms with E-state index >= 15 is 0 Å². The van der Waals surface area contributed by atoms with Crippen LogP contribution in [-0.2, 0) is 10.2 Å². The molecule has 2 heterocycles. The lowest BCUT2D eigenvalue weighted by Crippen LogP contribution is -2.22. The van der Waals surface area contributed by atoms with E-state index in [2.05, 4.69) is 19.7 Å². The van der Waals surface area contributed by atoms with Crippen molar-refractivity contribution in [3.63, 3.8) is 0 Å². The first-order chi connectivity index (χ1) is 15.3. The molecule has 2 N–H and O–H groups in total. The minimum Gasteiger partial charge on any atom is -0.479 e. The number of benzene rings is 2. The molecular formula is C20H15F2N5O3S. The van der Waals surface area contributed by atoms with Crippen molar-refractivity contribution in [1.82, 2.24) is 15.0 Å². The summed E-state index contributed by atoms with van der Waals surface area (Å²) in [4.78, 5) is 12.1. The zero-order chi connectivity index (χ0) is 22.9. The van der Waals surface area contributed by atoms with E-state index in [9.17, 15) is 17.2 Å². The zero-order valence-electron chi connectivity index (χ0n) is 16.9. The molecule has 0 saturated heterocycles. The van der Waals surface area contributed by atoms with E-state index in [-0.39, 0.29) is 17.7 Å². The number of anilines is 2. The highest BCUT2D eigenvalue weighted by Crippen LogP contribution is 2.30. The van der Waals surface area contributed by atoms with Gasteiger partial charge >= 0.3 is 10.2 Å². The standard InChI is InChI=1S/C20H15F2N5O3S/c1-30-20-19(27-31(28,29)26-18-5-3-15(21)8-16(18)22)7-13(10-24-20)12-2-4-17-14(6-12)9-23-11-25-17/h2-11,26-27H,1H3/i9D. The monoisotopic (exact) mass is 444 g/mol. The third-order valence-electron chi connectivity index (χ3n) is 4.23. The van der Waals surface area contributed by atoms with Gasteiger partial charge in [0, 0.05) is 29.4 Å². The molecule has 0 radical (unpaired) electrons. The molecule has 0 bridgehead atoms. The summed E-state index contributed by atoms with van der Waals surface area (Å²) < 4.78 is 69.3. The highest BCUT2D eigenvalue weighted by Gasteiger charge is 2.18. The van der Waals surface area contributed by atoms with Crippen LogP contribution < -0.4 is 14.2 Å². The van der Waals surface area contributed by atoms with Gasteiger partial charge in [0.1, 0.15) is 23.6 Å². The Morgan fingerprint density at radius 1 is 1.00 bits per heavy atom. The van der Waals surface area contributed by atoms with Crippen LogP contribution in [-0.4, -0.2) is 30.5 Å². The Hall–Kier alpha value is -3.86. The van der Waals surface area contributed by atoms with E-state index in [0.717, 1.165) is 12.1 Å².